The lowest BCUT2D eigenvalue weighted by Crippen LogP contribution is -2.46. The topological polar surface area (TPSA) is 30.5 Å². The molecular formula is C15H29NO2. The van der Waals surface area contributed by atoms with Gasteiger partial charge in [-0.25, -0.2) is 0 Å². The van der Waals surface area contributed by atoms with Gasteiger partial charge >= 0.3 is 0 Å². The number of likely N-dealkylation sites (N-methyl/N-ethyl adjacent to an activating group) is 1. The minimum atomic E-state index is 0.102. The molecule has 1 aliphatic carbocycles. The summed E-state index contributed by atoms with van der Waals surface area (Å²) in [6.07, 6.45) is 7.47. The second-order valence-electron chi connectivity index (χ2n) is 6.28. The van der Waals surface area contributed by atoms with E-state index in [1.54, 1.807) is 0 Å². The summed E-state index contributed by atoms with van der Waals surface area (Å²) in [4.78, 5) is 0. The van der Waals surface area contributed by atoms with Gasteiger partial charge in [-0.2, -0.15) is 0 Å². The van der Waals surface area contributed by atoms with Crippen LogP contribution in [-0.2, 0) is 9.47 Å². The third-order valence-corrected chi connectivity index (χ3v) is 4.51. The molecule has 18 heavy (non-hydrogen) atoms. The zero-order chi connectivity index (χ0) is 12.8. The lowest BCUT2D eigenvalue weighted by molar-refractivity contribution is -0.101. The molecule has 2 unspecified atom stereocenters. The molecule has 0 aromatic carbocycles. The van der Waals surface area contributed by atoms with E-state index in [2.05, 4.69) is 12.2 Å². The van der Waals surface area contributed by atoms with Gasteiger partial charge in [-0.3, -0.25) is 0 Å². The summed E-state index contributed by atoms with van der Waals surface area (Å²) >= 11 is 0. The van der Waals surface area contributed by atoms with E-state index in [0.29, 0.717) is 5.92 Å². The average molecular weight is 255 g/mol. The molecular weight excluding hydrogens is 226 g/mol. The number of nitrogens with one attached hydrogen (secondary N) is 1. The van der Waals surface area contributed by atoms with E-state index in [0.717, 1.165) is 32.3 Å². The van der Waals surface area contributed by atoms with E-state index in [1.165, 1.54) is 38.5 Å². The molecule has 0 radical (unpaired) electrons. The summed E-state index contributed by atoms with van der Waals surface area (Å²) in [5.74, 6) is 1.52. The molecule has 0 aromatic heterocycles. The fourth-order valence-corrected chi connectivity index (χ4v) is 3.48. The first kappa shape index (κ1) is 14.3. The Labute approximate surface area is 112 Å². The quantitative estimate of drug-likeness (QED) is 0.819. The first-order valence-corrected chi connectivity index (χ1v) is 7.60. The summed E-state index contributed by atoms with van der Waals surface area (Å²) in [5, 5.41) is 3.34. The van der Waals surface area contributed by atoms with Gasteiger partial charge in [0.2, 0.25) is 0 Å². The van der Waals surface area contributed by atoms with Crippen molar-refractivity contribution in [3.8, 4) is 0 Å². The van der Waals surface area contributed by atoms with Gasteiger partial charge in [-0.05, 0) is 44.6 Å². The van der Waals surface area contributed by atoms with Gasteiger partial charge in [0.15, 0.2) is 0 Å². The van der Waals surface area contributed by atoms with Crippen molar-refractivity contribution in [2.45, 2.75) is 51.0 Å². The fourth-order valence-electron chi connectivity index (χ4n) is 3.48. The Balaban J connectivity index is 1.84. The summed E-state index contributed by atoms with van der Waals surface area (Å²) < 4.78 is 11.8. The van der Waals surface area contributed by atoms with Gasteiger partial charge in [0.25, 0.3) is 0 Å². The van der Waals surface area contributed by atoms with Crippen LogP contribution in [0.25, 0.3) is 0 Å². The van der Waals surface area contributed by atoms with E-state index >= 15 is 0 Å². The third kappa shape index (κ3) is 3.94. The van der Waals surface area contributed by atoms with Crippen LogP contribution in [0.4, 0.5) is 0 Å². The van der Waals surface area contributed by atoms with Crippen molar-refractivity contribution in [1.29, 1.82) is 0 Å². The van der Waals surface area contributed by atoms with Crippen LogP contribution in [0, 0.1) is 11.8 Å². The molecule has 2 fully saturated rings. The molecule has 0 amide bonds. The van der Waals surface area contributed by atoms with E-state index in [4.69, 9.17) is 9.47 Å². The lowest BCUT2D eigenvalue weighted by Gasteiger charge is -2.41. The molecule has 0 spiro atoms. The van der Waals surface area contributed by atoms with Crippen molar-refractivity contribution in [1.82, 2.24) is 5.32 Å². The molecule has 0 bridgehead atoms. The Hall–Kier alpha value is -0.120. The molecule has 2 atom stereocenters. The maximum atomic E-state index is 6.40. The first-order chi connectivity index (χ1) is 8.74. The van der Waals surface area contributed by atoms with Crippen molar-refractivity contribution in [2.75, 3.05) is 33.4 Å². The standard InChI is InChI=1S/C15H29NO2/c1-13-4-3-7-15(10-13,12-16-2)18-11-14-5-8-17-9-6-14/h13-14,16H,3-12H2,1-2H3. The maximum Gasteiger partial charge on any atom is 0.0808 e. The highest BCUT2D eigenvalue weighted by atomic mass is 16.5. The first-order valence-electron chi connectivity index (χ1n) is 7.60. The van der Waals surface area contributed by atoms with Gasteiger partial charge in [0.1, 0.15) is 0 Å². The monoisotopic (exact) mass is 255 g/mol. The van der Waals surface area contributed by atoms with E-state index in [9.17, 15) is 0 Å². The van der Waals surface area contributed by atoms with Crippen LogP contribution in [0.15, 0.2) is 0 Å². The van der Waals surface area contributed by atoms with Gasteiger partial charge < -0.3 is 14.8 Å². The van der Waals surface area contributed by atoms with E-state index < -0.39 is 0 Å². The van der Waals surface area contributed by atoms with Crippen molar-refractivity contribution < 1.29 is 9.47 Å². The smallest absolute Gasteiger partial charge is 0.0808 e. The Morgan fingerprint density at radius 2 is 2.06 bits per heavy atom. The average Bonchev–Trinajstić information content (AvgIpc) is 2.38. The lowest BCUT2D eigenvalue weighted by atomic mass is 9.78. The van der Waals surface area contributed by atoms with E-state index in [1.807, 2.05) is 7.05 Å². The number of ether oxygens (including phenoxy) is 2. The molecule has 3 heteroatoms. The van der Waals surface area contributed by atoms with Gasteiger partial charge in [-0.1, -0.05) is 19.8 Å². The minimum Gasteiger partial charge on any atom is -0.381 e. The van der Waals surface area contributed by atoms with Gasteiger partial charge in [-0.15, -0.1) is 0 Å². The Morgan fingerprint density at radius 1 is 1.28 bits per heavy atom. The molecule has 1 aliphatic heterocycles. The van der Waals surface area contributed by atoms with Crippen LogP contribution in [0.1, 0.15) is 45.4 Å². The zero-order valence-corrected chi connectivity index (χ0v) is 12.0. The van der Waals surface area contributed by atoms with Crippen molar-refractivity contribution in [3.05, 3.63) is 0 Å². The minimum absolute atomic E-state index is 0.102. The summed E-state index contributed by atoms with van der Waals surface area (Å²) in [6.45, 7) is 6.13. The van der Waals surface area contributed by atoms with Crippen LogP contribution in [0.5, 0.6) is 0 Å². The molecule has 1 N–H and O–H groups in total. The van der Waals surface area contributed by atoms with Crippen LogP contribution in [0.2, 0.25) is 0 Å². The molecule has 106 valence electrons. The van der Waals surface area contributed by atoms with Crippen molar-refractivity contribution in [3.63, 3.8) is 0 Å². The second-order valence-corrected chi connectivity index (χ2v) is 6.28. The van der Waals surface area contributed by atoms with Crippen LogP contribution < -0.4 is 5.32 Å². The number of hydrogen-bond acceptors (Lipinski definition) is 3. The normalized spacial score (nSPS) is 34.7. The summed E-state index contributed by atoms with van der Waals surface area (Å²) in [7, 11) is 2.04. The number of hydrogen-bond donors (Lipinski definition) is 1. The highest BCUT2D eigenvalue weighted by Crippen LogP contribution is 2.35. The van der Waals surface area contributed by atoms with Gasteiger partial charge in [0, 0.05) is 19.8 Å². The molecule has 2 rings (SSSR count). The summed E-state index contributed by atoms with van der Waals surface area (Å²) in [6, 6.07) is 0. The molecule has 1 saturated carbocycles. The zero-order valence-electron chi connectivity index (χ0n) is 12.0. The van der Waals surface area contributed by atoms with Gasteiger partial charge in [0.05, 0.1) is 12.2 Å². The largest absolute Gasteiger partial charge is 0.381 e. The highest BCUT2D eigenvalue weighted by molar-refractivity contribution is 4.89. The summed E-state index contributed by atoms with van der Waals surface area (Å²) in [5.41, 5.74) is 0.102. The predicted molar refractivity (Wildman–Crippen MR) is 73.8 cm³/mol. The molecule has 3 nitrogen and oxygen atoms in total. The fraction of sp³-hybridized carbons (Fsp3) is 1.00. The van der Waals surface area contributed by atoms with Crippen molar-refractivity contribution in [2.24, 2.45) is 11.8 Å². The molecule has 1 saturated heterocycles. The third-order valence-electron chi connectivity index (χ3n) is 4.51. The molecule has 1 heterocycles. The van der Waals surface area contributed by atoms with Crippen LogP contribution in [-0.4, -0.2) is 39.0 Å². The second kappa shape index (κ2) is 6.88. The highest BCUT2D eigenvalue weighted by Gasteiger charge is 2.36. The van der Waals surface area contributed by atoms with Crippen molar-refractivity contribution >= 4 is 0 Å². The Bertz CT molecular complexity index is 237. The van der Waals surface area contributed by atoms with E-state index in [-0.39, 0.29) is 5.60 Å². The Kier molecular flexibility index (Phi) is 5.46. The molecule has 2 aliphatic rings. The maximum absolute atomic E-state index is 6.40. The van der Waals surface area contributed by atoms with Crippen LogP contribution >= 0.6 is 0 Å². The Morgan fingerprint density at radius 3 is 2.72 bits per heavy atom. The predicted octanol–water partition coefficient (Wildman–Crippen LogP) is 2.60. The SMILES string of the molecule is CNCC1(OCC2CCOCC2)CCCC(C)C1. The van der Waals surface area contributed by atoms with Crippen LogP contribution in [0.3, 0.4) is 0 Å². The number of rotatable bonds is 5. The molecule has 0 aromatic rings.